The molecule has 4 heterocycles. The van der Waals surface area contributed by atoms with Crippen LogP contribution in [0.25, 0.3) is 0 Å². The van der Waals surface area contributed by atoms with Gasteiger partial charge >= 0.3 is 6.36 Å². The maximum atomic E-state index is 12.8. The first-order valence-corrected chi connectivity index (χ1v) is 11.7. The van der Waals surface area contributed by atoms with E-state index in [1.807, 2.05) is 34.3 Å². The van der Waals surface area contributed by atoms with E-state index < -0.39 is 6.36 Å². The van der Waals surface area contributed by atoms with E-state index in [0.29, 0.717) is 17.4 Å². The van der Waals surface area contributed by atoms with Gasteiger partial charge in [-0.1, -0.05) is 0 Å². The molecule has 1 saturated carbocycles. The van der Waals surface area contributed by atoms with Crippen LogP contribution in [0.2, 0.25) is 0 Å². The molecule has 4 aromatic heterocycles. The van der Waals surface area contributed by atoms with Crippen molar-refractivity contribution < 1.29 is 22.7 Å². The van der Waals surface area contributed by atoms with Crippen molar-refractivity contribution in [1.82, 2.24) is 19.5 Å². The molecular weight excluding hydrogens is 479 g/mol. The zero-order valence-electron chi connectivity index (χ0n) is 18.3. The number of aromatic nitrogens is 4. The van der Waals surface area contributed by atoms with Crippen molar-refractivity contribution in [3.8, 4) is 5.75 Å². The van der Waals surface area contributed by atoms with Crippen LogP contribution in [0, 0.1) is 0 Å². The number of anilines is 1. The maximum Gasteiger partial charge on any atom is 0.573 e. The lowest BCUT2D eigenvalue weighted by atomic mass is 9.72. The van der Waals surface area contributed by atoms with Crippen LogP contribution < -0.4 is 10.1 Å². The minimum Gasteiger partial charge on any atom is -0.404 e. The van der Waals surface area contributed by atoms with E-state index in [9.17, 15) is 18.0 Å². The summed E-state index contributed by atoms with van der Waals surface area (Å²) in [5.74, 6) is -0.202. The van der Waals surface area contributed by atoms with Crippen LogP contribution in [-0.4, -0.2) is 31.8 Å². The maximum absolute atomic E-state index is 12.8. The molecule has 7 nitrogen and oxygen atoms in total. The molecule has 0 spiro atoms. The number of pyridine rings is 2. The summed E-state index contributed by atoms with van der Waals surface area (Å²) in [6.45, 7) is 0.558. The van der Waals surface area contributed by atoms with E-state index >= 15 is 0 Å². The van der Waals surface area contributed by atoms with Gasteiger partial charge in [0.2, 0.25) is 0 Å². The van der Waals surface area contributed by atoms with Crippen molar-refractivity contribution in [2.24, 2.45) is 0 Å². The van der Waals surface area contributed by atoms with Crippen LogP contribution in [0.15, 0.2) is 66.6 Å². The molecule has 1 amide bonds. The number of halogens is 3. The average molecular weight is 500 g/mol. The van der Waals surface area contributed by atoms with Crippen molar-refractivity contribution in [3.05, 3.63) is 89.2 Å². The van der Waals surface area contributed by atoms with Gasteiger partial charge < -0.3 is 9.30 Å². The lowest BCUT2D eigenvalue weighted by molar-refractivity contribution is -0.274. The quantitative estimate of drug-likeness (QED) is 0.358. The van der Waals surface area contributed by atoms with E-state index in [0.717, 1.165) is 36.0 Å². The van der Waals surface area contributed by atoms with Gasteiger partial charge in [-0.25, -0.2) is 4.98 Å². The Hall–Kier alpha value is -3.73. The first-order valence-electron chi connectivity index (χ1n) is 10.9. The topological polar surface area (TPSA) is 81.9 Å². The Morgan fingerprint density at radius 2 is 1.89 bits per heavy atom. The van der Waals surface area contributed by atoms with Crippen LogP contribution in [0.3, 0.4) is 0 Å². The molecule has 1 aliphatic rings. The smallest absolute Gasteiger partial charge is 0.404 e. The summed E-state index contributed by atoms with van der Waals surface area (Å²) in [7, 11) is 0. The number of carbonyl (C=O) groups is 1. The van der Waals surface area contributed by atoms with Gasteiger partial charge in [0, 0.05) is 48.0 Å². The number of carbonyl (C=O) groups excluding carboxylic acids is 1. The fraction of sp³-hybridized carbons (Fsp3) is 0.250. The Morgan fingerprint density at radius 1 is 1.11 bits per heavy atom. The fourth-order valence-corrected chi connectivity index (χ4v) is 4.85. The summed E-state index contributed by atoms with van der Waals surface area (Å²) in [6, 6.07) is 10.2. The number of hydrogen-bond donors (Lipinski definition) is 1. The van der Waals surface area contributed by atoms with Crippen LogP contribution in [0.4, 0.5) is 18.3 Å². The third kappa shape index (κ3) is 5.51. The lowest BCUT2D eigenvalue weighted by Crippen LogP contribution is -2.22. The van der Waals surface area contributed by atoms with Crippen LogP contribution >= 0.6 is 11.3 Å². The van der Waals surface area contributed by atoms with Gasteiger partial charge in [-0.3, -0.25) is 20.1 Å². The number of nitrogens with zero attached hydrogens (tertiary/aromatic N) is 4. The molecule has 1 fully saturated rings. The Morgan fingerprint density at radius 3 is 2.60 bits per heavy atom. The Bertz CT molecular complexity index is 1300. The second-order valence-electron chi connectivity index (χ2n) is 8.24. The molecule has 1 aliphatic carbocycles. The van der Waals surface area contributed by atoms with Crippen molar-refractivity contribution in [2.75, 3.05) is 5.32 Å². The van der Waals surface area contributed by atoms with E-state index in [1.54, 1.807) is 24.5 Å². The fourth-order valence-electron chi connectivity index (χ4n) is 4.06. The van der Waals surface area contributed by atoms with Crippen LogP contribution in [0.5, 0.6) is 5.75 Å². The first kappa shape index (κ1) is 23.0. The van der Waals surface area contributed by atoms with Gasteiger partial charge in [0.05, 0.1) is 11.9 Å². The number of amides is 1. The predicted octanol–water partition coefficient (Wildman–Crippen LogP) is 5.60. The van der Waals surface area contributed by atoms with Gasteiger partial charge in [0.15, 0.2) is 5.13 Å². The number of rotatable bonds is 7. The van der Waals surface area contributed by atoms with Gasteiger partial charge in [0.1, 0.15) is 11.4 Å². The molecular formula is C24H20F3N5O2S. The standard InChI is InChI=1S/C24H20F3N5O2S/c25-24(26,27)34-18-3-4-19(29-12-18)16-10-17(11-16)20-14-35-23(30-20)31-22(33)21-2-1-9-32(21)13-15-5-7-28-8-6-15/h1-9,12,14,16-17H,10-11,13H2,(H,30,31,33). The highest BCUT2D eigenvalue weighted by Gasteiger charge is 2.35. The molecule has 180 valence electrons. The number of thiazole rings is 1. The zero-order valence-corrected chi connectivity index (χ0v) is 19.1. The summed E-state index contributed by atoms with van der Waals surface area (Å²) in [4.78, 5) is 25.5. The van der Waals surface area contributed by atoms with Crippen molar-refractivity contribution in [2.45, 2.75) is 37.6 Å². The van der Waals surface area contributed by atoms with Crippen LogP contribution in [-0.2, 0) is 6.54 Å². The van der Waals surface area contributed by atoms with Gasteiger partial charge in [-0.15, -0.1) is 24.5 Å². The molecule has 1 N–H and O–H groups in total. The van der Waals surface area contributed by atoms with Crippen LogP contribution in [0.1, 0.15) is 52.1 Å². The van der Waals surface area contributed by atoms with Crippen molar-refractivity contribution >= 4 is 22.4 Å². The van der Waals surface area contributed by atoms with Crippen molar-refractivity contribution in [3.63, 3.8) is 0 Å². The molecule has 11 heteroatoms. The normalized spacial score (nSPS) is 17.6. The highest BCUT2D eigenvalue weighted by Crippen LogP contribution is 2.47. The third-order valence-corrected chi connectivity index (χ3v) is 6.65. The number of alkyl halides is 3. The van der Waals surface area contributed by atoms with E-state index in [4.69, 9.17) is 0 Å². The molecule has 0 aromatic carbocycles. The van der Waals surface area contributed by atoms with E-state index in [-0.39, 0.29) is 23.5 Å². The Kier molecular flexibility index (Phi) is 6.25. The summed E-state index contributed by atoms with van der Waals surface area (Å²) in [5, 5.41) is 5.33. The third-order valence-electron chi connectivity index (χ3n) is 5.87. The van der Waals surface area contributed by atoms with Gasteiger partial charge in [-0.2, -0.15) is 0 Å². The van der Waals surface area contributed by atoms with Crippen molar-refractivity contribution in [1.29, 1.82) is 0 Å². The second-order valence-corrected chi connectivity index (χ2v) is 9.10. The lowest BCUT2D eigenvalue weighted by Gasteiger charge is -2.33. The molecule has 0 atom stereocenters. The van der Waals surface area contributed by atoms with E-state index in [1.165, 1.54) is 17.4 Å². The predicted molar refractivity (Wildman–Crippen MR) is 123 cm³/mol. The molecule has 0 radical (unpaired) electrons. The minimum atomic E-state index is -4.73. The van der Waals surface area contributed by atoms with Gasteiger partial charge in [-0.05, 0) is 54.8 Å². The molecule has 0 bridgehead atoms. The largest absolute Gasteiger partial charge is 0.573 e. The summed E-state index contributed by atoms with van der Waals surface area (Å²) in [5.41, 5.74) is 3.20. The molecule has 0 aliphatic heterocycles. The minimum absolute atomic E-state index is 0.149. The highest BCUT2D eigenvalue weighted by atomic mass is 32.1. The molecule has 5 rings (SSSR count). The molecule has 0 saturated heterocycles. The molecule has 0 unspecified atom stereocenters. The number of nitrogens with one attached hydrogen (secondary N) is 1. The number of hydrogen-bond acceptors (Lipinski definition) is 6. The Labute approximate surface area is 202 Å². The SMILES string of the molecule is O=C(Nc1nc(C2CC(c3ccc(OC(F)(F)F)cn3)C2)cs1)c1cccn1Cc1ccncc1. The zero-order chi connectivity index (χ0) is 24.4. The number of ether oxygens (including phenoxy) is 1. The summed E-state index contributed by atoms with van der Waals surface area (Å²) in [6.07, 6.45) is 3.23. The molecule has 4 aromatic rings. The second kappa shape index (κ2) is 9.49. The first-order chi connectivity index (χ1) is 16.8. The van der Waals surface area contributed by atoms with E-state index in [2.05, 4.69) is 25.0 Å². The Balaban J connectivity index is 1.16. The summed E-state index contributed by atoms with van der Waals surface area (Å²) >= 11 is 1.37. The monoisotopic (exact) mass is 499 g/mol. The average Bonchev–Trinajstić information content (AvgIpc) is 3.43. The molecule has 35 heavy (non-hydrogen) atoms. The highest BCUT2D eigenvalue weighted by molar-refractivity contribution is 7.14. The summed E-state index contributed by atoms with van der Waals surface area (Å²) < 4.78 is 42.6. The van der Waals surface area contributed by atoms with Gasteiger partial charge in [0.25, 0.3) is 5.91 Å².